The standard InChI is InChI=1S/C27H27NO3S/c1-2-3-4-11-16-25(28-31-27(30)22-12-7-5-8-13-22)26(29)21-17-19-24(20-18-21)32-23-14-9-6-10-15-23/h5-10,12-15,17-20H,2-4,11,16H2,1H3/i17D. The Hall–Kier alpha value is -3.18. The number of hydrogen-bond donors (Lipinski definition) is 0. The van der Waals surface area contributed by atoms with Crippen molar-refractivity contribution in [1.82, 2.24) is 0 Å². The minimum absolute atomic E-state index is 0.122. The summed E-state index contributed by atoms with van der Waals surface area (Å²) in [7, 11) is 0. The molecule has 164 valence electrons. The predicted octanol–water partition coefficient (Wildman–Crippen LogP) is 7.20. The number of rotatable bonds is 11. The quantitative estimate of drug-likeness (QED) is 0.103. The summed E-state index contributed by atoms with van der Waals surface area (Å²) in [4.78, 5) is 32.5. The number of ketones is 1. The molecule has 0 saturated heterocycles. The van der Waals surface area contributed by atoms with Gasteiger partial charge in [-0.1, -0.05) is 79.5 Å². The molecule has 0 aliphatic carbocycles. The molecule has 0 aliphatic rings. The van der Waals surface area contributed by atoms with Crippen LogP contribution in [0.1, 0.15) is 61.1 Å². The maximum atomic E-state index is 13.2. The highest BCUT2D eigenvalue weighted by atomic mass is 32.2. The normalized spacial score (nSPS) is 11.7. The van der Waals surface area contributed by atoms with E-state index in [2.05, 4.69) is 12.1 Å². The lowest BCUT2D eigenvalue weighted by molar-refractivity contribution is 0.0514. The fourth-order valence-corrected chi connectivity index (χ4v) is 3.86. The van der Waals surface area contributed by atoms with Crippen LogP contribution in [-0.4, -0.2) is 17.5 Å². The molecule has 3 aromatic rings. The third-order valence-electron chi connectivity index (χ3n) is 4.79. The van der Waals surface area contributed by atoms with Gasteiger partial charge < -0.3 is 4.84 Å². The van der Waals surface area contributed by atoms with Crippen molar-refractivity contribution in [3.05, 3.63) is 96.0 Å². The Bertz CT molecular complexity index is 1100. The first-order chi connectivity index (χ1) is 16.1. The Morgan fingerprint density at radius 2 is 1.53 bits per heavy atom. The predicted molar refractivity (Wildman–Crippen MR) is 129 cm³/mol. The maximum absolute atomic E-state index is 13.2. The van der Waals surface area contributed by atoms with Crippen LogP contribution in [0.3, 0.4) is 0 Å². The number of unbranched alkanes of at least 4 members (excludes halogenated alkanes) is 3. The molecule has 0 saturated carbocycles. The van der Waals surface area contributed by atoms with Gasteiger partial charge in [-0.15, -0.1) is 0 Å². The Morgan fingerprint density at radius 1 is 0.844 bits per heavy atom. The van der Waals surface area contributed by atoms with Gasteiger partial charge in [0.1, 0.15) is 5.71 Å². The van der Waals surface area contributed by atoms with E-state index in [9.17, 15) is 9.59 Å². The topological polar surface area (TPSA) is 55.7 Å². The molecule has 0 bridgehead atoms. The molecule has 0 amide bonds. The minimum atomic E-state index is -0.616. The fourth-order valence-electron chi connectivity index (χ4n) is 3.04. The monoisotopic (exact) mass is 446 g/mol. The zero-order valence-corrected chi connectivity index (χ0v) is 18.9. The van der Waals surface area contributed by atoms with Gasteiger partial charge in [0.15, 0.2) is 0 Å². The van der Waals surface area contributed by atoms with Gasteiger partial charge in [0, 0.05) is 15.4 Å². The smallest absolute Gasteiger partial charge is 0.312 e. The van der Waals surface area contributed by atoms with Gasteiger partial charge in [-0.25, -0.2) is 4.79 Å². The molecule has 0 aliphatic heterocycles. The first-order valence-electron chi connectivity index (χ1n) is 11.3. The number of oxime groups is 1. The fraction of sp³-hybridized carbons (Fsp3) is 0.222. The zero-order chi connectivity index (χ0) is 23.5. The number of benzene rings is 3. The van der Waals surface area contributed by atoms with Crippen LogP contribution in [0.2, 0.25) is 0 Å². The van der Waals surface area contributed by atoms with Crippen molar-refractivity contribution in [3.63, 3.8) is 0 Å². The van der Waals surface area contributed by atoms with Gasteiger partial charge in [-0.2, -0.15) is 0 Å². The summed E-state index contributed by atoms with van der Waals surface area (Å²) in [6.45, 7) is 2.11. The summed E-state index contributed by atoms with van der Waals surface area (Å²) >= 11 is 1.53. The van der Waals surface area contributed by atoms with E-state index in [1.165, 1.54) is 11.8 Å². The Labute approximate surface area is 195 Å². The molecular weight excluding hydrogens is 418 g/mol. The molecule has 3 rings (SSSR count). The number of carbonyl (C=O) groups is 2. The third kappa shape index (κ3) is 7.20. The lowest BCUT2D eigenvalue weighted by Gasteiger charge is -2.07. The molecule has 3 aromatic carbocycles. The molecule has 0 unspecified atom stereocenters. The number of carbonyl (C=O) groups excluding carboxylic acids is 2. The van der Waals surface area contributed by atoms with E-state index >= 15 is 0 Å². The highest BCUT2D eigenvalue weighted by Gasteiger charge is 2.17. The molecule has 0 N–H and O–H groups in total. The van der Waals surface area contributed by atoms with Crippen molar-refractivity contribution >= 4 is 29.2 Å². The van der Waals surface area contributed by atoms with E-state index in [1.807, 2.05) is 36.4 Å². The van der Waals surface area contributed by atoms with Crippen LogP contribution >= 0.6 is 11.8 Å². The van der Waals surface area contributed by atoms with Crippen LogP contribution in [0.5, 0.6) is 0 Å². The summed E-state index contributed by atoms with van der Waals surface area (Å²) < 4.78 is 8.40. The van der Waals surface area contributed by atoms with Crippen LogP contribution < -0.4 is 0 Å². The summed E-state index contributed by atoms with van der Waals surface area (Å²) in [5, 5.41) is 3.93. The van der Waals surface area contributed by atoms with E-state index in [0.29, 0.717) is 12.0 Å². The van der Waals surface area contributed by atoms with Crippen molar-refractivity contribution < 1.29 is 15.8 Å². The second kappa shape index (κ2) is 12.6. The first-order valence-corrected chi connectivity index (χ1v) is 11.6. The summed E-state index contributed by atoms with van der Waals surface area (Å²) in [5.41, 5.74) is 0.771. The molecule has 5 heteroatoms. The third-order valence-corrected chi connectivity index (χ3v) is 5.78. The van der Waals surface area contributed by atoms with Crippen LogP contribution in [0.25, 0.3) is 0 Å². The second-order valence-electron chi connectivity index (χ2n) is 7.28. The molecule has 0 radical (unpaired) electrons. The SMILES string of the molecule is [2H]c1cc(Sc2ccccc2)ccc1C(=O)C(CCCCCC)=NOC(=O)c1ccccc1. The van der Waals surface area contributed by atoms with Crippen molar-refractivity contribution in [2.45, 2.75) is 48.8 Å². The number of nitrogens with zero attached hydrogens (tertiary/aromatic N) is 1. The molecule has 0 spiro atoms. The molecule has 0 heterocycles. The van der Waals surface area contributed by atoms with Crippen LogP contribution in [0, 0.1) is 0 Å². The minimum Gasteiger partial charge on any atom is -0.312 e. The van der Waals surface area contributed by atoms with Gasteiger partial charge in [0.2, 0.25) is 5.78 Å². The summed E-state index contributed by atoms with van der Waals surface area (Å²) in [5.74, 6) is -0.996. The van der Waals surface area contributed by atoms with Gasteiger partial charge in [-0.05, 0) is 61.3 Å². The van der Waals surface area contributed by atoms with Crippen molar-refractivity contribution in [2.75, 3.05) is 0 Å². The van der Waals surface area contributed by atoms with E-state index in [1.54, 1.807) is 42.5 Å². The Balaban J connectivity index is 1.77. The maximum Gasteiger partial charge on any atom is 0.365 e. The van der Waals surface area contributed by atoms with E-state index in [4.69, 9.17) is 6.21 Å². The van der Waals surface area contributed by atoms with Gasteiger partial charge in [0.05, 0.1) is 6.93 Å². The average molecular weight is 447 g/mol. The van der Waals surface area contributed by atoms with E-state index < -0.39 is 5.97 Å². The van der Waals surface area contributed by atoms with Gasteiger partial charge >= 0.3 is 5.97 Å². The average Bonchev–Trinajstić information content (AvgIpc) is 2.84. The van der Waals surface area contributed by atoms with Crippen LogP contribution in [0.15, 0.2) is 99.9 Å². The molecule has 4 nitrogen and oxygen atoms in total. The summed E-state index contributed by atoms with van der Waals surface area (Å²) in [6, 6.07) is 23.7. The molecule has 0 atom stereocenters. The molecule has 0 aromatic heterocycles. The number of hydrogen-bond acceptors (Lipinski definition) is 5. The van der Waals surface area contributed by atoms with Gasteiger partial charge in [-0.3, -0.25) is 4.79 Å². The molecular formula is C27H27NO3S. The number of Topliss-reactive ketones (excluding diaryl/α,β-unsaturated/α-hetero) is 1. The van der Waals surface area contributed by atoms with Crippen molar-refractivity contribution in [2.24, 2.45) is 5.16 Å². The van der Waals surface area contributed by atoms with Crippen molar-refractivity contribution in [1.29, 1.82) is 0 Å². The highest BCUT2D eigenvalue weighted by Crippen LogP contribution is 2.27. The lowest BCUT2D eigenvalue weighted by atomic mass is 10.0. The zero-order valence-electron chi connectivity index (χ0n) is 19.1. The Morgan fingerprint density at radius 3 is 2.22 bits per heavy atom. The molecule has 0 fully saturated rings. The van der Waals surface area contributed by atoms with E-state index in [0.717, 1.165) is 35.5 Å². The Kier molecular flexibility index (Phi) is 8.69. The van der Waals surface area contributed by atoms with Crippen LogP contribution in [0.4, 0.5) is 0 Å². The van der Waals surface area contributed by atoms with E-state index in [-0.39, 0.29) is 23.1 Å². The summed E-state index contributed by atoms with van der Waals surface area (Å²) in [6.07, 6.45) is 4.23. The van der Waals surface area contributed by atoms with Gasteiger partial charge in [0.25, 0.3) is 0 Å². The second-order valence-corrected chi connectivity index (χ2v) is 8.42. The lowest BCUT2D eigenvalue weighted by Crippen LogP contribution is -2.16. The largest absolute Gasteiger partial charge is 0.365 e. The first kappa shape index (κ1) is 22.0. The van der Waals surface area contributed by atoms with Crippen LogP contribution in [-0.2, 0) is 4.84 Å². The molecule has 32 heavy (non-hydrogen) atoms. The highest BCUT2D eigenvalue weighted by molar-refractivity contribution is 7.99. The van der Waals surface area contributed by atoms with Crippen molar-refractivity contribution in [3.8, 4) is 0 Å².